The molecule has 0 spiro atoms. The third-order valence-corrected chi connectivity index (χ3v) is 22.0. The van der Waals surface area contributed by atoms with E-state index in [1.165, 1.54) is 93.8 Å². The largest absolute Gasteiger partial charge is 0.425 e. The molecule has 3 fully saturated rings. The number of para-hydroxylation sites is 1. The van der Waals surface area contributed by atoms with Gasteiger partial charge in [0.15, 0.2) is 23.3 Å². The molecule has 0 radical (unpaired) electrons. The number of likely N-dealkylation sites (tertiary alicyclic amines) is 3. The van der Waals surface area contributed by atoms with Gasteiger partial charge in [-0.1, -0.05) is 247 Å². The number of carbonyl (C=O) groups excluding carboxylic acids is 5. The number of aryl methyl sites for hydroxylation is 8. The van der Waals surface area contributed by atoms with Gasteiger partial charge in [0.25, 0.3) is 34.0 Å². The number of nitro benzene ring substituents is 5. The van der Waals surface area contributed by atoms with Gasteiger partial charge in [-0.2, -0.15) is 0 Å². The summed E-state index contributed by atoms with van der Waals surface area (Å²) in [6, 6.07) is 37.6. The van der Waals surface area contributed by atoms with Gasteiger partial charge in [-0.3, -0.25) is 89.1 Å². The van der Waals surface area contributed by atoms with Crippen molar-refractivity contribution in [2.45, 2.75) is 263 Å². The van der Waals surface area contributed by atoms with Gasteiger partial charge in [0.05, 0.1) is 56.2 Å². The van der Waals surface area contributed by atoms with Crippen LogP contribution in [0.15, 0.2) is 138 Å². The summed E-state index contributed by atoms with van der Waals surface area (Å²) in [5.74, 6) is -4.97. The number of nitro groups is 5. The Labute approximate surface area is 823 Å². The molecule has 756 valence electrons. The fourth-order valence-corrected chi connectivity index (χ4v) is 12.9. The summed E-state index contributed by atoms with van der Waals surface area (Å²) >= 11 is 23.7. The van der Waals surface area contributed by atoms with Crippen LogP contribution in [0, 0.1) is 107 Å². The molecule has 0 atom stereocenters. The zero-order valence-electron chi connectivity index (χ0n) is 80.2. The van der Waals surface area contributed by atoms with Crippen molar-refractivity contribution in [3.05, 3.63) is 299 Å². The van der Waals surface area contributed by atoms with E-state index >= 15 is 0 Å². The number of hydrogen-bond donors (Lipinski definition) is 0. The van der Waals surface area contributed by atoms with Crippen molar-refractivity contribution >= 4 is 126 Å². The molecule has 5 amide bonds. The average Bonchev–Trinajstić information content (AvgIpc) is 0.948. The van der Waals surface area contributed by atoms with Gasteiger partial charge in [-0.25, -0.2) is 22.2 Å². The molecule has 3 saturated heterocycles. The number of unbranched alkanes of at least 4 members (excludes halogenated alkanes) is 1. The van der Waals surface area contributed by atoms with Crippen LogP contribution in [0.3, 0.4) is 0 Å². The molecule has 0 aliphatic carbocycles. The minimum atomic E-state index is -3.11. The first-order valence-corrected chi connectivity index (χ1v) is 46.5. The molecular weight excluding hydrogens is 1890 g/mol. The Morgan fingerprint density at radius 2 is 0.839 bits per heavy atom. The molecule has 0 unspecified atom stereocenters. The average molecular weight is 2020 g/mol. The van der Waals surface area contributed by atoms with E-state index in [2.05, 4.69) is 83.9 Å². The van der Waals surface area contributed by atoms with Crippen molar-refractivity contribution in [2.24, 2.45) is 5.92 Å². The number of fused-ring (bicyclic) bond motifs is 1. The van der Waals surface area contributed by atoms with Gasteiger partial charge in [0.2, 0.25) is 29.5 Å². The molecule has 9 aromatic rings. The number of imide groups is 2. The van der Waals surface area contributed by atoms with E-state index in [-0.39, 0.29) is 105 Å². The monoisotopic (exact) mass is 2020 g/mol. The summed E-state index contributed by atoms with van der Waals surface area (Å²) in [5.41, 5.74) is 9.90. The Morgan fingerprint density at radius 1 is 0.409 bits per heavy atom. The zero-order chi connectivity index (χ0) is 104. The molecule has 4 heterocycles. The minimum Gasteiger partial charge on any atom is -0.343 e. The summed E-state index contributed by atoms with van der Waals surface area (Å²) < 4.78 is 77.7. The lowest BCUT2D eigenvalue weighted by Gasteiger charge is -2.11. The van der Waals surface area contributed by atoms with Crippen LogP contribution in [0.25, 0.3) is 10.9 Å². The molecule has 39 heteroatoms. The summed E-state index contributed by atoms with van der Waals surface area (Å²) in [6.45, 7) is 42.8. The number of carbonyl (C=O) groups is 5. The highest BCUT2D eigenvalue weighted by Gasteiger charge is 2.28. The van der Waals surface area contributed by atoms with Crippen LogP contribution in [-0.4, -0.2) is 123 Å². The molecule has 137 heavy (non-hydrogen) atoms. The maximum Gasteiger partial charge on any atom is 0.425 e. The predicted molar refractivity (Wildman–Crippen MR) is 536 cm³/mol. The highest BCUT2D eigenvalue weighted by atomic mass is 35.5. The number of aromatic nitrogens is 3. The van der Waals surface area contributed by atoms with Crippen LogP contribution in [0.4, 0.5) is 46.0 Å². The molecule has 8 aromatic carbocycles. The van der Waals surface area contributed by atoms with Crippen molar-refractivity contribution < 1.29 is 78.8 Å². The van der Waals surface area contributed by atoms with Crippen molar-refractivity contribution in [1.29, 1.82) is 0 Å². The van der Waals surface area contributed by atoms with E-state index in [1.54, 1.807) is 76.2 Å². The first-order chi connectivity index (χ1) is 63.6. The van der Waals surface area contributed by atoms with E-state index in [4.69, 9.17) is 59.0 Å². The lowest BCUT2D eigenvalue weighted by molar-refractivity contribution is -0.394. The first kappa shape index (κ1) is 131. The molecule has 3 aliphatic heterocycles. The van der Waals surface area contributed by atoms with Gasteiger partial charge < -0.3 is 4.90 Å². The Bertz CT molecular complexity index is 5350. The van der Waals surface area contributed by atoms with Gasteiger partial charge in [0, 0.05) is 112 Å². The van der Waals surface area contributed by atoms with Gasteiger partial charge in [-0.05, 0) is 175 Å². The first-order valence-electron chi connectivity index (χ1n) is 44.0. The molecular formula is C98H133Cl4F4N11O19S. The second-order valence-corrected chi connectivity index (χ2v) is 31.5. The SMILES string of the molecule is C.C.CCC(C)C.CCCC.CCN1C(=O)CCC1=O.CCN1C(=O)CCC1=O.CCN1CCCC1=O.CCc1c(C)c(Cl)c(Cl)c(Cl)c1Cl.CCc1c(C)c(F)c(F)c(F)c1F.CCc1ccc(C)cc1C.CCc1ccc([N+](=O)[O-])cc1.CCc1ccc([N+](=O)[O-])cc1[N+](=O)[O-].CCc1cccc([N+](=O)[O-])c1.CCc1ccccc1[N+](=O)[O-].CCn1nnc2ccccc2c1=O.O=S(=O)=O. The number of benzene rings is 8. The van der Waals surface area contributed by atoms with E-state index in [9.17, 15) is 96.9 Å². The molecule has 0 saturated carbocycles. The van der Waals surface area contributed by atoms with E-state index in [1.807, 2.05) is 77.6 Å². The van der Waals surface area contributed by atoms with Crippen LogP contribution in [0.5, 0.6) is 0 Å². The maximum absolute atomic E-state index is 12.9. The summed E-state index contributed by atoms with van der Waals surface area (Å²) in [4.78, 5) is 119. The highest BCUT2D eigenvalue weighted by molar-refractivity contribution is 7.59. The lowest BCUT2D eigenvalue weighted by atomic mass is 10.0. The second kappa shape index (κ2) is 71.6. The molecule has 1 aromatic heterocycles. The summed E-state index contributed by atoms with van der Waals surface area (Å²) in [7, 11) is -3.11. The van der Waals surface area contributed by atoms with Crippen molar-refractivity contribution in [2.75, 3.05) is 26.2 Å². The van der Waals surface area contributed by atoms with E-state index < -0.39 is 43.7 Å². The van der Waals surface area contributed by atoms with Gasteiger partial charge in [-0.15, -0.1) is 17.7 Å². The van der Waals surface area contributed by atoms with Gasteiger partial charge >= 0.3 is 10.6 Å². The topological polar surface area (TPSA) is 410 Å². The zero-order valence-corrected chi connectivity index (χ0v) is 84.1. The lowest BCUT2D eigenvalue weighted by Crippen LogP contribution is -2.28. The normalized spacial score (nSPS) is 11.5. The van der Waals surface area contributed by atoms with Crippen LogP contribution < -0.4 is 5.56 Å². The molecule has 0 bridgehead atoms. The van der Waals surface area contributed by atoms with Crippen molar-refractivity contribution in [1.82, 2.24) is 29.7 Å². The second-order valence-electron chi connectivity index (χ2n) is 29.6. The third-order valence-electron chi connectivity index (χ3n) is 20.1. The number of non-ortho nitro benzene ring substituents is 3. The van der Waals surface area contributed by atoms with Crippen LogP contribution in [0.1, 0.15) is 245 Å². The number of rotatable bonds is 18. The van der Waals surface area contributed by atoms with Crippen molar-refractivity contribution in [3.8, 4) is 0 Å². The molecule has 30 nitrogen and oxygen atoms in total. The third kappa shape index (κ3) is 47.1. The van der Waals surface area contributed by atoms with Crippen molar-refractivity contribution in [3.63, 3.8) is 0 Å². The number of nitrogens with zero attached hydrogens (tertiary/aromatic N) is 11. The van der Waals surface area contributed by atoms with E-state index in [0.29, 0.717) is 101 Å². The molecule has 0 N–H and O–H groups in total. The fraction of sp³-hybridized carbons (Fsp3) is 0.449. The van der Waals surface area contributed by atoms with Crippen LogP contribution in [0.2, 0.25) is 20.1 Å². The predicted octanol–water partition coefficient (Wildman–Crippen LogP) is 25.6. The Balaban J connectivity index is -0.000000702. The van der Waals surface area contributed by atoms with Crippen LogP contribution >= 0.6 is 46.4 Å². The number of halogens is 8. The summed E-state index contributed by atoms with van der Waals surface area (Å²) in [5, 5.41) is 61.8. The fourth-order valence-electron chi connectivity index (χ4n) is 11.7. The maximum atomic E-state index is 12.9. The molecule has 12 rings (SSSR count). The Kier molecular flexibility index (Phi) is 68.6. The number of amides is 5. The van der Waals surface area contributed by atoms with Crippen LogP contribution in [-0.2, 0) is 86.1 Å². The highest BCUT2D eigenvalue weighted by Crippen LogP contribution is 2.41. The standard InChI is InChI=1S/C10H14.C9H8Cl4.C9H8F4.C9H9N3O.C8H8N2O4.3C8H9NO2.2C6H9NO2.C6H11NO.C5H12.C4H10.2CH4.O3S/c1-4-10-6-5-8(2)7-9(10)3;2*1-3-5-4(2)6(10)8(12)9(13)7(5)11;1-2-12-9(13)7-5-3-4-6-8(7)10-11-12;1-2-6-3-4-7(9(11)12)5-8(6)10(13)14;1-2-7-3-5-8(6-4-7)9(10)11;1-2-7-4-3-5-8(6-7)9(10)11;1-2-7-5-3-4-6-8(7)9(10)11;2*1-2-7-5(8)3-4-6(7)9;1-2-7-5-3-4-6(7)8;1-4-5(2)3;1-3-4-2;;;1-4(2)3/h5-7H,4H2,1-3H3;2*3H2,1-2H3;3-6H,2H2,1H3;3-5H,2H2,1H3;3*3-6H,2H2,1H3;2*2-4H2,1H3;2-5H2,1H3;5H,4H2,1-3H3;3-4H2,1-2H3;2*1H4;. The van der Waals surface area contributed by atoms with Gasteiger partial charge in [0.1, 0.15) is 5.52 Å². The quantitative estimate of drug-likeness (QED) is 0.0192. The Hall–Kier alpha value is -11.9. The molecule has 3 aliphatic rings. The van der Waals surface area contributed by atoms with E-state index in [0.717, 1.165) is 91.4 Å². The Morgan fingerprint density at radius 3 is 1.22 bits per heavy atom. The summed E-state index contributed by atoms with van der Waals surface area (Å²) in [6.07, 6.45) is 12.4. The smallest absolute Gasteiger partial charge is 0.343 e. The minimum absolute atomic E-state index is 0. The number of hydrogen-bond acceptors (Lipinski definition) is 21.